The van der Waals surface area contributed by atoms with Crippen LogP contribution in [0.2, 0.25) is 0 Å². The third-order valence-electron chi connectivity index (χ3n) is 4.51. The summed E-state index contributed by atoms with van der Waals surface area (Å²) in [4.78, 5) is 0.274. The van der Waals surface area contributed by atoms with Gasteiger partial charge in [0.25, 0.3) is 0 Å². The molecule has 1 fully saturated rings. The normalized spacial score (nSPS) is 18.8. The van der Waals surface area contributed by atoms with Crippen molar-refractivity contribution in [2.75, 3.05) is 13.7 Å². The number of para-hydroxylation sites is 1. The van der Waals surface area contributed by atoms with Crippen molar-refractivity contribution in [2.45, 2.75) is 43.7 Å². The SMILES string of the molecule is CCn1cc(S(=O)(=O)N2CCC[C@H]2Cc2ccccc2OC)cn1. The molecule has 2 heterocycles. The standard InChI is InChI=1S/C17H23N3O3S/c1-3-19-13-16(12-18-19)24(21,22)20-10-6-8-15(20)11-14-7-4-5-9-17(14)23-2/h4-5,7,9,12-13,15H,3,6,8,10-11H2,1-2H3/t15-/m0/s1. The number of benzene rings is 1. The monoisotopic (exact) mass is 349 g/mol. The van der Waals surface area contributed by atoms with Gasteiger partial charge in [0.05, 0.1) is 13.3 Å². The number of nitrogens with zero attached hydrogens (tertiary/aromatic N) is 3. The fourth-order valence-corrected chi connectivity index (χ4v) is 4.89. The van der Waals surface area contributed by atoms with E-state index in [1.54, 1.807) is 22.3 Å². The topological polar surface area (TPSA) is 64.4 Å². The van der Waals surface area contributed by atoms with E-state index in [0.717, 1.165) is 24.2 Å². The molecule has 1 aromatic carbocycles. The lowest BCUT2D eigenvalue weighted by Gasteiger charge is -2.24. The van der Waals surface area contributed by atoms with E-state index in [0.29, 0.717) is 19.5 Å². The predicted molar refractivity (Wildman–Crippen MR) is 91.5 cm³/mol. The van der Waals surface area contributed by atoms with Crippen molar-refractivity contribution < 1.29 is 13.2 Å². The molecule has 1 aliphatic heterocycles. The van der Waals surface area contributed by atoms with Gasteiger partial charge in [0, 0.05) is 25.3 Å². The Kier molecular flexibility index (Phi) is 4.91. The molecule has 0 N–H and O–H groups in total. The summed E-state index contributed by atoms with van der Waals surface area (Å²) in [6, 6.07) is 7.74. The minimum Gasteiger partial charge on any atom is -0.496 e. The molecule has 1 aliphatic rings. The molecule has 0 unspecified atom stereocenters. The molecule has 0 radical (unpaired) electrons. The Morgan fingerprint density at radius 1 is 1.33 bits per heavy atom. The van der Waals surface area contributed by atoms with Gasteiger partial charge in [-0.3, -0.25) is 4.68 Å². The zero-order chi connectivity index (χ0) is 17.2. The van der Waals surface area contributed by atoms with E-state index >= 15 is 0 Å². The first-order valence-corrected chi connectivity index (χ1v) is 9.66. The predicted octanol–water partition coefficient (Wildman–Crippen LogP) is 2.31. The van der Waals surface area contributed by atoms with E-state index in [2.05, 4.69) is 5.10 Å². The molecule has 2 aromatic rings. The van der Waals surface area contributed by atoms with Crippen LogP contribution >= 0.6 is 0 Å². The van der Waals surface area contributed by atoms with Gasteiger partial charge in [-0.05, 0) is 37.8 Å². The van der Waals surface area contributed by atoms with Crippen molar-refractivity contribution in [1.29, 1.82) is 0 Å². The Morgan fingerprint density at radius 3 is 2.83 bits per heavy atom. The molecule has 130 valence electrons. The van der Waals surface area contributed by atoms with Gasteiger partial charge in [0.1, 0.15) is 10.6 Å². The highest BCUT2D eigenvalue weighted by molar-refractivity contribution is 7.89. The van der Waals surface area contributed by atoms with Crippen molar-refractivity contribution in [3.63, 3.8) is 0 Å². The summed E-state index contributed by atoms with van der Waals surface area (Å²) >= 11 is 0. The number of ether oxygens (including phenoxy) is 1. The third-order valence-corrected chi connectivity index (χ3v) is 6.42. The van der Waals surface area contributed by atoms with E-state index in [1.165, 1.54) is 6.20 Å². The van der Waals surface area contributed by atoms with E-state index in [9.17, 15) is 8.42 Å². The zero-order valence-electron chi connectivity index (χ0n) is 14.1. The second-order valence-corrected chi connectivity index (χ2v) is 7.85. The second kappa shape index (κ2) is 6.94. The molecule has 0 bridgehead atoms. The van der Waals surface area contributed by atoms with Crippen molar-refractivity contribution >= 4 is 10.0 Å². The molecule has 0 aliphatic carbocycles. The van der Waals surface area contributed by atoms with Crippen LogP contribution in [0.3, 0.4) is 0 Å². The number of rotatable bonds is 6. The van der Waals surface area contributed by atoms with Gasteiger partial charge in [-0.1, -0.05) is 18.2 Å². The summed E-state index contributed by atoms with van der Waals surface area (Å²) in [5.41, 5.74) is 1.04. The van der Waals surface area contributed by atoms with Crippen molar-refractivity contribution in [1.82, 2.24) is 14.1 Å². The Balaban J connectivity index is 1.85. The van der Waals surface area contributed by atoms with Crippen molar-refractivity contribution in [2.24, 2.45) is 0 Å². The smallest absolute Gasteiger partial charge is 0.246 e. The Hall–Kier alpha value is -1.86. The Labute approximate surface area is 143 Å². The summed E-state index contributed by atoms with van der Waals surface area (Å²) in [6.45, 7) is 3.14. The summed E-state index contributed by atoms with van der Waals surface area (Å²) in [5, 5.41) is 4.10. The van der Waals surface area contributed by atoms with E-state index in [-0.39, 0.29) is 10.9 Å². The number of hydrogen-bond acceptors (Lipinski definition) is 4. The van der Waals surface area contributed by atoms with Gasteiger partial charge in [-0.25, -0.2) is 8.42 Å². The minimum absolute atomic E-state index is 0.0451. The number of aryl methyl sites for hydroxylation is 1. The molecule has 7 heteroatoms. The highest BCUT2D eigenvalue weighted by atomic mass is 32.2. The minimum atomic E-state index is -3.51. The molecule has 0 spiro atoms. The van der Waals surface area contributed by atoms with Crippen LogP contribution in [0.1, 0.15) is 25.3 Å². The maximum absolute atomic E-state index is 13.0. The molecule has 1 aromatic heterocycles. The zero-order valence-corrected chi connectivity index (χ0v) is 14.9. The van der Waals surface area contributed by atoms with Crippen LogP contribution in [-0.4, -0.2) is 42.2 Å². The lowest BCUT2D eigenvalue weighted by atomic mass is 10.0. The molecule has 1 saturated heterocycles. The van der Waals surface area contributed by atoms with Crippen LogP contribution in [0.25, 0.3) is 0 Å². The summed E-state index contributed by atoms with van der Waals surface area (Å²) in [6.07, 6.45) is 5.44. The van der Waals surface area contributed by atoms with E-state index in [1.807, 2.05) is 31.2 Å². The largest absolute Gasteiger partial charge is 0.496 e. The Bertz CT molecular complexity index is 801. The molecule has 1 atom stereocenters. The van der Waals surface area contributed by atoms with Crippen LogP contribution < -0.4 is 4.74 Å². The number of sulfonamides is 1. The molecule has 0 amide bonds. The van der Waals surface area contributed by atoms with Gasteiger partial charge >= 0.3 is 0 Å². The quantitative estimate of drug-likeness (QED) is 0.803. The highest BCUT2D eigenvalue weighted by Crippen LogP contribution is 2.30. The average molecular weight is 349 g/mol. The van der Waals surface area contributed by atoms with E-state index in [4.69, 9.17) is 4.74 Å². The average Bonchev–Trinajstić information content (AvgIpc) is 3.25. The van der Waals surface area contributed by atoms with Gasteiger partial charge in [-0.15, -0.1) is 0 Å². The first kappa shape index (κ1) is 17.0. The van der Waals surface area contributed by atoms with Gasteiger partial charge in [0.15, 0.2) is 0 Å². The molecular formula is C17H23N3O3S. The lowest BCUT2D eigenvalue weighted by Crippen LogP contribution is -2.36. The lowest BCUT2D eigenvalue weighted by molar-refractivity contribution is 0.373. The van der Waals surface area contributed by atoms with Crippen molar-refractivity contribution in [3.05, 3.63) is 42.2 Å². The summed E-state index contributed by atoms with van der Waals surface area (Å²) in [5.74, 6) is 0.806. The maximum Gasteiger partial charge on any atom is 0.246 e. The van der Waals surface area contributed by atoms with Crippen LogP contribution in [0, 0.1) is 0 Å². The molecule has 6 nitrogen and oxygen atoms in total. The third kappa shape index (κ3) is 3.18. The number of aromatic nitrogens is 2. The van der Waals surface area contributed by atoms with Crippen LogP contribution in [0.15, 0.2) is 41.6 Å². The van der Waals surface area contributed by atoms with Gasteiger partial charge in [0.2, 0.25) is 10.0 Å². The fraction of sp³-hybridized carbons (Fsp3) is 0.471. The number of methoxy groups -OCH3 is 1. The molecule has 3 rings (SSSR count). The van der Waals surface area contributed by atoms with Gasteiger partial charge in [-0.2, -0.15) is 9.40 Å². The van der Waals surface area contributed by atoms with Crippen LogP contribution in [-0.2, 0) is 23.0 Å². The first-order chi connectivity index (χ1) is 11.6. The van der Waals surface area contributed by atoms with Crippen LogP contribution in [0.5, 0.6) is 5.75 Å². The summed E-state index contributed by atoms with van der Waals surface area (Å²) < 4.78 is 34.6. The molecule has 24 heavy (non-hydrogen) atoms. The van der Waals surface area contributed by atoms with Crippen molar-refractivity contribution in [3.8, 4) is 5.75 Å². The molecular weight excluding hydrogens is 326 g/mol. The fourth-order valence-electron chi connectivity index (χ4n) is 3.24. The summed E-state index contributed by atoms with van der Waals surface area (Å²) in [7, 11) is -1.87. The first-order valence-electron chi connectivity index (χ1n) is 8.22. The van der Waals surface area contributed by atoms with Crippen LogP contribution in [0.4, 0.5) is 0 Å². The maximum atomic E-state index is 13.0. The second-order valence-electron chi connectivity index (χ2n) is 5.96. The molecule has 0 saturated carbocycles. The number of hydrogen-bond donors (Lipinski definition) is 0. The van der Waals surface area contributed by atoms with Gasteiger partial charge < -0.3 is 4.74 Å². The Morgan fingerprint density at radius 2 is 2.12 bits per heavy atom. The van der Waals surface area contributed by atoms with E-state index < -0.39 is 10.0 Å². The highest BCUT2D eigenvalue weighted by Gasteiger charge is 2.36.